The van der Waals surface area contributed by atoms with Crippen LogP contribution in [0.1, 0.15) is 26.7 Å². The summed E-state index contributed by atoms with van der Waals surface area (Å²) < 4.78 is 0. The summed E-state index contributed by atoms with van der Waals surface area (Å²) in [6.45, 7) is 9.10. The van der Waals surface area contributed by atoms with Crippen LogP contribution in [0.2, 0.25) is 0 Å². The molecule has 2 saturated heterocycles. The molecule has 0 aromatic rings. The Morgan fingerprint density at radius 2 is 2.07 bits per heavy atom. The van der Waals surface area contributed by atoms with E-state index in [9.17, 15) is 0 Å². The van der Waals surface area contributed by atoms with Crippen molar-refractivity contribution in [1.29, 1.82) is 0 Å². The van der Waals surface area contributed by atoms with E-state index in [0.717, 1.165) is 19.1 Å². The van der Waals surface area contributed by atoms with E-state index >= 15 is 0 Å². The first-order valence-corrected chi connectivity index (χ1v) is 5.60. The van der Waals surface area contributed by atoms with Gasteiger partial charge in [0.25, 0.3) is 0 Å². The first kappa shape index (κ1) is 10.0. The fourth-order valence-electron chi connectivity index (χ4n) is 2.59. The molecule has 14 heavy (non-hydrogen) atoms. The van der Waals surface area contributed by atoms with E-state index < -0.39 is 0 Å². The zero-order valence-electron chi connectivity index (χ0n) is 9.29. The Kier molecular flexibility index (Phi) is 2.55. The van der Waals surface area contributed by atoms with Crippen LogP contribution in [0.3, 0.4) is 0 Å². The summed E-state index contributed by atoms with van der Waals surface area (Å²) in [5.74, 6) is 2.90. The highest BCUT2D eigenvalue weighted by atomic mass is 15.3. The molecule has 0 radical (unpaired) electrons. The lowest BCUT2D eigenvalue weighted by molar-refractivity contribution is 0.0581. The molecule has 78 valence electrons. The van der Waals surface area contributed by atoms with Crippen LogP contribution in [0.15, 0.2) is 0 Å². The van der Waals surface area contributed by atoms with E-state index in [0.29, 0.717) is 0 Å². The SMILES string of the molecule is C#CC(C)(C)N1CCN2CCCC2C1. The van der Waals surface area contributed by atoms with Crippen LogP contribution < -0.4 is 0 Å². The molecule has 0 amide bonds. The molecule has 1 unspecified atom stereocenters. The van der Waals surface area contributed by atoms with Crippen molar-refractivity contribution in [3.63, 3.8) is 0 Å². The third kappa shape index (κ3) is 1.67. The van der Waals surface area contributed by atoms with Gasteiger partial charge in [0, 0.05) is 25.7 Å². The molecule has 0 N–H and O–H groups in total. The van der Waals surface area contributed by atoms with Crippen molar-refractivity contribution in [2.24, 2.45) is 0 Å². The fraction of sp³-hybridized carbons (Fsp3) is 0.833. The maximum atomic E-state index is 5.57. The third-order valence-corrected chi connectivity index (χ3v) is 3.73. The summed E-state index contributed by atoms with van der Waals surface area (Å²) in [6, 6.07) is 0.774. The summed E-state index contributed by atoms with van der Waals surface area (Å²) in [6.07, 6.45) is 8.30. The highest BCUT2D eigenvalue weighted by molar-refractivity contribution is 5.10. The van der Waals surface area contributed by atoms with Gasteiger partial charge in [-0.1, -0.05) is 5.92 Å². The van der Waals surface area contributed by atoms with Gasteiger partial charge in [-0.05, 0) is 33.2 Å². The molecule has 2 rings (SSSR count). The van der Waals surface area contributed by atoms with Crippen LogP contribution in [-0.4, -0.2) is 47.6 Å². The summed E-state index contributed by atoms with van der Waals surface area (Å²) in [5, 5.41) is 0. The molecule has 2 heterocycles. The molecule has 2 heteroatoms. The number of fused-ring (bicyclic) bond motifs is 1. The smallest absolute Gasteiger partial charge is 0.0767 e. The lowest BCUT2D eigenvalue weighted by Gasteiger charge is -2.43. The Labute approximate surface area is 87.3 Å². The van der Waals surface area contributed by atoms with Gasteiger partial charge in [-0.2, -0.15) is 0 Å². The first-order chi connectivity index (χ1) is 6.63. The van der Waals surface area contributed by atoms with Crippen molar-refractivity contribution in [1.82, 2.24) is 9.80 Å². The van der Waals surface area contributed by atoms with Crippen molar-refractivity contribution in [3.8, 4) is 12.3 Å². The molecular formula is C12H20N2. The normalized spacial score (nSPS) is 29.9. The van der Waals surface area contributed by atoms with Gasteiger partial charge in [0.05, 0.1) is 5.54 Å². The van der Waals surface area contributed by atoms with Gasteiger partial charge in [0.15, 0.2) is 0 Å². The second-order valence-corrected chi connectivity index (χ2v) is 4.98. The predicted octanol–water partition coefficient (Wildman–Crippen LogP) is 1.18. The first-order valence-electron chi connectivity index (χ1n) is 5.60. The number of hydrogen-bond acceptors (Lipinski definition) is 2. The highest BCUT2D eigenvalue weighted by Gasteiger charge is 2.35. The van der Waals surface area contributed by atoms with E-state index in [2.05, 4.69) is 29.6 Å². The Balaban J connectivity index is 2.02. The van der Waals surface area contributed by atoms with Gasteiger partial charge in [-0.25, -0.2) is 0 Å². The van der Waals surface area contributed by atoms with Crippen molar-refractivity contribution in [3.05, 3.63) is 0 Å². The summed E-state index contributed by atoms with van der Waals surface area (Å²) in [5.41, 5.74) is -0.0608. The molecule has 2 aliphatic rings. The quantitative estimate of drug-likeness (QED) is 0.576. The topological polar surface area (TPSA) is 6.48 Å². The molecule has 0 spiro atoms. The van der Waals surface area contributed by atoms with Gasteiger partial charge >= 0.3 is 0 Å². The summed E-state index contributed by atoms with van der Waals surface area (Å²) in [7, 11) is 0. The number of nitrogens with zero attached hydrogens (tertiary/aromatic N) is 2. The minimum atomic E-state index is -0.0608. The van der Waals surface area contributed by atoms with Crippen molar-refractivity contribution >= 4 is 0 Å². The second kappa shape index (κ2) is 3.56. The molecule has 0 saturated carbocycles. The highest BCUT2D eigenvalue weighted by Crippen LogP contribution is 2.25. The van der Waals surface area contributed by atoms with Crippen LogP contribution in [0.25, 0.3) is 0 Å². The molecule has 2 fully saturated rings. The number of terminal acetylenes is 1. The van der Waals surface area contributed by atoms with Crippen molar-refractivity contribution in [2.75, 3.05) is 26.2 Å². The van der Waals surface area contributed by atoms with Crippen LogP contribution in [0.5, 0.6) is 0 Å². The lowest BCUT2D eigenvalue weighted by atomic mass is 10.0. The van der Waals surface area contributed by atoms with E-state index in [4.69, 9.17) is 6.42 Å². The third-order valence-electron chi connectivity index (χ3n) is 3.73. The molecule has 0 bridgehead atoms. The minimum absolute atomic E-state index is 0.0608. The van der Waals surface area contributed by atoms with Gasteiger partial charge in [-0.3, -0.25) is 9.80 Å². The molecule has 0 aromatic carbocycles. The second-order valence-electron chi connectivity index (χ2n) is 4.98. The van der Waals surface area contributed by atoms with Gasteiger partial charge in [0.2, 0.25) is 0 Å². The molecule has 0 aliphatic carbocycles. The molecule has 0 aromatic heterocycles. The molecule has 2 aliphatic heterocycles. The van der Waals surface area contributed by atoms with Gasteiger partial charge in [-0.15, -0.1) is 6.42 Å². The van der Waals surface area contributed by atoms with Crippen LogP contribution in [0.4, 0.5) is 0 Å². The number of rotatable bonds is 1. The zero-order valence-corrected chi connectivity index (χ0v) is 9.29. The van der Waals surface area contributed by atoms with Crippen LogP contribution in [0, 0.1) is 12.3 Å². The Morgan fingerprint density at radius 1 is 1.29 bits per heavy atom. The predicted molar refractivity (Wildman–Crippen MR) is 59.1 cm³/mol. The van der Waals surface area contributed by atoms with Gasteiger partial charge in [0.1, 0.15) is 0 Å². The number of hydrogen-bond donors (Lipinski definition) is 0. The number of piperazine rings is 1. The van der Waals surface area contributed by atoms with E-state index in [-0.39, 0.29) is 5.54 Å². The van der Waals surface area contributed by atoms with E-state index in [1.165, 1.54) is 25.9 Å². The maximum absolute atomic E-state index is 5.57. The Morgan fingerprint density at radius 3 is 2.79 bits per heavy atom. The van der Waals surface area contributed by atoms with Crippen molar-refractivity contribution in [2.45, 2.75) is 38.3 Å². The van der Waals surface area contributed by atoms with Crippen molar-refractivity contribution < 1.29 is 0 Å². The van der Waals surface area contributed by atoms with E-state index in [1.807, 2.05) is 0 Å². The zero-order chi connectivity index (χ0) is 10.2. The minimum Gasteiger partial charge on any atom is -0.298 e. The molecule has 1 atom stereocenters. The fourth-order valence-corrected chi connectivity index (χ4v) is 2.59. The summed E-state index contributed by atoms with van der Waals surface area (Å²) >= 11 is 0. The summed E-state index contributed by atoms with van der Waals surface area (Å²) in [4.78, 5) is 5.07. The molecule has 2 nitrogen and oxygen atoms in total. The Hall–Kier alpha value is -0.520. The average molecular weight is 192 g/mol. The lowest BCUT2D eigenvalue weighted by Crippen LogP contribution is -2.56. The Bertz CT molecular complexity index is 252. The van der Waals surface area contributed by atoms with Crippen LogP contribution in [-0.2, 0) is 0 Å². The van der Waals surface area contributed by atoms with Gasteiger partial charge < -0.3 is 0 Å². The maximum Gasteiger partial charge on any atom is 0.0767 e. The monoisotopic (exact) mass is 192 g/mol. The van der Waals surface area contributed by atoms with Crippen LogP contribution >= 0.6 is 0 Å². The largest absolute Gasteiger partial charge is 0.298 e. The average Bonchev–Trinajstić information content (AvgIpc) is 2.64. The standard InChI is InChI=1S/C12H20N2/c1-4-12(2,3)14-9-8-13-7-5-6-11(13)10-14/h1,11H,5-10H2,2-3H3. The van der Waals surface area contributed by atoms with E-state index in [1.54, 1.807) is 0 Å². The molecular weight excluding hydrogens is 172 g/mol.